The van der Waals surface area contributed by atoms with Gasteiger partial charge in [-0.05, 0) is 25.2 Å². The van der Waals surface area contributed by atoms with Gasteiger partial charge in [0.2, 0.25) is 11.7 Å². The van der Waals surface area contributed by atoms with Gasteiger partial charge < -0.3 is 14.3 Å². The Morgan fingerprint density at radius 2 is 2.26 bits per heavy atom. The lowest BCUT2D eigenvalue weighted by atomic mass is 10.00. The van der Waals surface area contributed by atoms with Crippen LogP contribution >= 0.6 is 0 Å². The van der Waals surface area contributed by atoms with Crippen LogP contribution in [0.2, 0.25) is 0 Å². The highest BCUT2D eigenvalue weighted by atomic mass is 16.5. The molecule has 5 nitrogen and oxygen atoms in total. The molecule has 2 heterocycles. The SMILES string of the molecule is CCC1OCCC1c1nc(CC(C)C)c(C(=O)O)o1. The summed E-state index contributed by atoms with van der Waals surface area (Å²) >= 11 is 0. The number of hydrogen-bond donors (Lipinski definition) is 1. The van der Waals surface area contributed by atoms with E-state index in [1.807, 2.05) is 13.8 Å². The van der Waals surface area contributed by atoms with Crippen molar-refractivity contribution in [2.45, 2.75) is 52.1 Å². The molecule has 1 aromatic heterocycles. The van der Waals surface area contributed by atoms with Gasteiger partial charge in [0.1, 0.15) is 0 Å². The molecule has 1 aromatic rings. The standard InChI is InChI=1S/C14H21NO4/c1-4-11-9(5-6-18-11)13-15-10(7-8(2)3)12(19-13)14(16)17/h8-9,11H,4-7H2,1-3H3,(H,16,17). The number of carboxylic acids is 1. The van der Waals surface area contributed by atoms with Gasteiger partial charge >= 0.3 is 5.97 Å². The number of aromatic carboxylic acids is 1. The van der Waals surface area contributed by atoms with Crippen LogP contribution < -0.4 is 0 Å². The third-order valence-electron chi connectivity index (χ3n) is 3.44. The van der Waals surface area contributed by atoms with Gasteiger partial charge in [0, 0.05) is 6.61 Å². The van der Waals surface area contributed by atoms with E-state index in [4.69, 9.17) is 9.15 Å². The number of carbonyl (C=O) groups is 1. The highest BCUT2D eigenvalue weighted by Gasteiger charge is 2.34. The van der Waals surface area contributed by atoms with E-state index in [0.29, 0.717) is 30.5 Å². The molecule has 1 aliphatic heterocycles. The maximum Gasteiger partial charge on any atom is 0.373 e. The Labute approximate surface area is 113 Å². The van der Waals surface area contributed by atoms with Crippen molar-refractivity contribution in [3.05, 3.63) is 17.3 Å². The van der Waals surface area contributed by atoms with E-state index in [-0.39, 0.29) is 17.8 Å². The van der Waals surface area contributed by atoms with Crippen LogP contribution in [0.15, 0.2) is 4.42 Å². The van der Waals surface area contributed by atoms with E-state index < -0.39 is 5.97 Å². The summed E-state index contributed by atoms with van der Waals surface area (Å²) in [5.41, 5.74) is 0.555. The molecule has 1 aliphatic rings. The average Bonchev–Trinajstić information content (AvgIpc) is 2.93. The highest BCUT2D eigenvalue weighted by molar-refractivity contribution is 5.85. The van der Waals surface area contributed by atoms with Crippen molar-refractivity contribution in [2.75, 3.05) is 6.61 Å². The number of oxazole rings is 1. The summed E-state index contributed by atoms with van der Waals surface area (Å²) in [6, 6.07) is 0. The van der Waals surface area contributed by atoms with E-state index in [9.17, 15) is 9.90 Å². The van der Waals surface area contributed by atoms with Crippen molar-refractivity contribution in [1.29, 1.82) is 0 Å². The molecule has 0 spiro atoms. The Morgan fingerprint density at radius 1 is 1.53 bits per heavy atom. The van der Waals surface area contributed by atoms with Crippen LogP contribution in [0.5, 0.6) is 0 Å². The zero-order valence-electron chi connectivity index (χ0n) is 11.7. The lowest BCUT2D eigenvalue weighted by Gasteiger charge is -2.12. The van der Waals surface area contributed by atoms with Crippen LogP contribution in [0.4, 0.5) is 0 Å². The second-order valence-electron chi connectivity index (χ2n) is 5.44. The molecule has 0 radical (unpaired) electrons. The second-order valence-corrected chi connectivity index (χ2v) is 5.44. The first-order chi connectivity index (χ1) is 9.02. The van der Waals surface area contributed by atoms with E-state index in [1.54, 1.807) is 0 Å². The van der Waals surface area contributed by atoms with Crippen LogP contribution in [-0.4, -0.2) is 28.8 Å². The van der Waals surface area contributed by atoms with Crippen molar-refractivity contribution in [1.82, 2.24) is 4.98 Å². The number of carboxylic acid groups (broad SMARTS) is 1. The fraction of sp³-hybridized carbons (Fsp3) is 0.714. The second kappa shape index (κ2) is 5.74. The largest absolute Gasteiger partial charge is 0.475 e. The first kappa shape index (κ1) is 14.1. The molecule has 1 saturated heterocycles. The average molecular weight is 267 g/mol. The molecule has 2 rings (SSSR count). The molecule has 0 aromatic carbocycles. The molecular weight excluding hydrogens is 246 g/mol. The first-order valence-electron chi connectivity index (χ1n) is 6.87. The zero-order valence-corrected chi connectivity index (χ0v) is 11.7. The van der Waals surface area contributed by atoms with Gasteiger partial charge in [0.05, 0.1) is 17.7 Å². The summed E-state index contributed by atoms with van der Waals surface area (Å²) in [5.74, 6) is -0.0916. The van der Waals surface area contributed by atoms with E-state index in [0.717, 1.165) is 12.8 Å². The molecule has 5 heteroatoms. The fourth-order valence-corrected chi connectivity index (χ4v) is 2.55. The predicted molar refractivity (Wildman–Crippen MR) is 69.4 cm³/mol. The van der Waals surface area contributed by atoms with Gasteiger partial charge in [0.25, 0.3) is 0 Å². The van der Waals surface area contributed by atoms with Crippen molar-refractivity contribution in [2.24, 2.45) is 5.92 Å². The van der Waals surface area contributed by atoms with Gasteiger partial charge in [-0.3, -0.25) is 0 Å². The number of hydrogen-bond acceptors (Lipinski definition) is 4. The third-order valence-corrected chi connectivity index (χ3v) is 3.44. The minimum absolute atomic E-state index is 0.00884. The van der Waals surface area contributed by atoms with E-state index in [2.05, 4.69) is 11.9 Å². The molecule has 0 bridgehead atoms. The van der Waals surface area contributed by atoms with Gasteiger partial charge in [-0.1, -0.05) is 20.8 Å². The topological polar surface area (TPSA) is 72.6 Å². The molecular formula is C14H21NO4. The third kappa shape index (κ3) is 2.97. The molecule has 1 fully saturated rings. The maximum atomic E-state index is 11.2. The van der Waals surface area contributed by atoms with Crippen molar-refractivity contribution >= 4 is 5.97 Å². The Bertz CT molecular complexity index is 452. The monoisotopic (exact) mass is 267 g/mol. The van der Waals surface area contributed by atoms with Gasteiger partial charge in [0.15, 0.2) is 0 Å². The molecule has 2 unspecified atom stereocenters. The van der Waals surface area contributed by atoms with Crippen LogP contribution in [0.1, 0.15) is 61.7 Å². The molecule has 1 N–H and O–H groups in total. The number of aromatic nitrogens is 1. The maximum absolute atomic E-state index is 11.2. The fourth-order valence-electron chi connectivity index (χ4n) is 2.55. The first-order valence-corrected chi connectivity index (χ1v) is 6.87. The Kier molecular flexibility index (Phi) is 4.24. The van der Waals surface area contributed by atoms with Crippen molar-refractivity contribution in [3.8, 4) is 0 Å². The summed E-state index contributed by atoms with van der Waals surface area (Å²) in [6.07, 6.45) is 2.44. The van der Waals surface area contributed by atoms with Crippen LogP contribution in [0.25, 0.3) is 0 Å². The molecule has 106 valence electrons. The lowest BCUT2D eigenvalue weighted by Crippen LogP contribution is -2.13. The predicted octanol–water partition coefficient (Wildman–Crippen LogP) is 2.85. The number of nitrogens with zero attached hydrogens (tertiary/aromatic N) is 1. The summed E-state index contributed by atoms with van der Waals surface area (Å²) < 4.78 is 11.1. The summed E-state index contributed by atoms with van der Waals surface area (Å²) in [7, 11) is 0. The van der Waals surface area contributed by atoms with E-state index >= 15 is 0 Å². The van der Waals surface area contributed by atoms with Crippen LogP contribution in [0.3, 0.4) is 0 Å². The molecule has 19 heavy (non-hydrogen) atoms. The minimum Gasteiger partial charge on any atom is -0.475 e. The quantitative estimate of drug-likeness (QED) is 0.888. The van der Waals surface area contributed by atoms with Gasteiger partial charge in [-0.15, -0.1) is 0 Å². The number of ether oxygens (including phenoxy) is 1. The zero-order chi connectivity index (χ0) is 14.0. The van der Waals surface area contributed by atoms with Crippen molar-refractivity contribution < 1.29 is 19.1 Å². The van der Waals surface area contributed by atoms with Gasteiger partial charge in [-0.2, -0.15) is 0 Å². The summed E-state index contributed by atoms with van der Waals surface area (Å²) in [4.78, 5) is 15.6. The Morgan fingerprint density at radius 3 is 2.84 bits per heavy atom. The van der Waals surface area contributed by atoms with Gasteiger partial charge in [-0.25, -0.2) is 9.78 Å². The number of rotatable bonds is 5. The van der Waals surface area contributed by atoms with E-state index in [1.165, 1.54) is 0 Å². The van der Waals surface area contributed by atoms with Crippen molar-refractivity contribution in [3.63, 3.8) is 0 Å². The van der Waals surface area contributed by atoms with Crippen LogP contribution in [0, 0.1) is 5.92 Å². The Hall–Kier alpha value is -1.36. The highest BCUT2D eigenvalue weighted by Crippen LogP contribution is 2.33. The summed E-state index contributed by atoms with van der Waals surface area (Å²) in [6.45, 7) is 6.81. The molecule has 0 aliphatic carbocycles. The Balaban J connectivity index is 2.29. The normalized spacial score (nSPS) is 23.2. The summed E-state index contributed by atoms with van der Waals surface area (Å²) in [5, 5.41) is 9.19. The molecule has 0 saturated carbocycles. The molecule has 0 amide bonds. The minimum atomic E-state index is -1.04. The molecule has 2 atom stereocenters. The smallest absolute Gasteiger partial charge is 0.373 e. The van der Waals surface area contributed by atoms with Crippen LogP contribution in [-0.2, 0) is 11.2 Å². The lowest BCUT2D eigenvalue weighted by molar-refractivity contribution is 0.0652.